The highest BCUT2D eigenvalue weighted by Gasteiger charge is 2.33. The van der Waals surface area contributed by atoms with Gasteiger partial charge in [-0.3, -0.25) is 14.7 Å². The molecule has 1 aromatic rings. The van der Waals surface area contributed by atoms with Crippen molar-refractivity contribution in [3.05, 3.63) is 16.1 Å². The first-order chi connectivity index (χ1) is 13.3. The molecule has 1 aliphatic heterocycles. The number of thiazole rings is 1. The van der Waals surface area contributed by atoms with Crippen LogP contribution in [0.25, 0.3) is 0 Å². The van der Waals surface area contributed by atoms with Crippen molar-refractivity contribution in [3.8, 4) is 0 Å². The summed E-state index contributed by atoms with van der Waals surface area (Å²) in [6.07, 6.45) is -4.43. The van der Waals surface area contributed by atoms with Gasteiger partial charge in [0.15, 0.2) is 11.7 Å². The molecule has 1 saturated heterocycles. The van der Waals surface area contributed by atoms with Gasteiger partial charge in [0, 0.05) is 52.3 Å². The van der Waals surface area contributed by atoms with Crippen molar-refractivity contribution in [3.63, 3.8) is 0 Å². The molecule has 166 valence electrons. The number of hydrogen-bond acceptors (Lipinski definition) is 6. The summed E-state index contributed by atoms with van der Waals surface area (Å²) < 4.78 is 42.8. The van der Waals surface area contributed by atoms with Gasteiger partial charge in [-0.25, -0.2) is 4.98 Å². The molecule has 0 bridgehead atoms. The summed E-state index contributed by atoms with van der Waals surface area (Å²) in [7, 11) is 3.21. The van der Waals surface area contributed by atoms with Crippen molar-refractivity contribution < 1.29 is 22.7 Å². The van der Waals surface area contributed by atoms with Gasteiger partial charge in [0.1, 0.15) is 5.01 Å². The molecule has 0 unspecified atom stereocenters. The minimum atomic E-state index is -4.43. The van der Waals surface area contributed by atoms with Gasteiger partial charge in [0.2, 0.25) is 5.91 Å². The molecule has 29 heavy (non-hydrogen) atoms. The number of guanidine groups is 1. The summed E-state index contributed by atoms with van der Waals surface area (Å²) in [4.78, 5) is 23.7. The minimum Gasteiger partial charge on any atom is -0.383 e. The first-order valence-corrected chi connectivity index (χ1v) is 9.66. The van der Waals surface area contributed by atoms with E-state index in [0.717, 1.165) is 16.7 Å². The second-order valence-electron chi connectivity index (χ2n) is 6.13. The fourth-order valence-corrected chi connectivity index (χ4v) is 3.42. The van der Waals surface area contributed by atoms with E-state index < -0.39 is 11.9 Å². The predicted molar refractivity (Wildman–Crippen MR) is 116 cm³/mol. The van der Waals surface area contributed by atoms with Crippen LogP contribution in [0.1, 0.15) is 10.7 Å². The van der Waals surface area contributed by atoms with Crippen LogP contribution in [0.4, 0.5) is 13.2 Å². The summed E-state index contributed by atoms with van der Waals surface area (Å²) in [6, 6.07) is 0. The average Bonchev–Trinajstić information content (AvgIpc) is 3.13. The van der Waals surface area contributed by atoms with Crippen molar-refractivity contribution in [2.45, 2.75) is 12.7 Å². The van der Waals surface area contributed by atoms with Gasteiger partial charge < -0.3 is 20.3 Å². The number of halogens is 4. The first-order valence-electron chi connectivity index (χ1n) is 8.78. The van der Waals surface area contributed by atoms with E-state index in [0.29, 0.717) is 56.8 Å². The van der Waals surface area contributed by atoms with Crippen LogP contribution in [0.2, 0.25) is 0 Å². The Balaban J connectivity index is 0.00000420. The number of piperazine rings is 1. The summed E-state index contributed by atoms with van der Waals surface area (Å²) in [5.41, 5.74) is -0.873. The standard InChI is InChI=1S/C16H25F3N6O2S.HI/c1-20-15(22-9-14-23-12(11-28-14)16(17,18)19)25-6-4-24(5-7-25)10-13(26)21-3-8-27-2;/h11H,3-10H2,1-2H3,(H,20,22)(H,21,26);1H. The quantitative estimate of drug-likeness (QED) is 0.230. The van der Waals surface area contributed by atoms with E-state index in [2.05, 4.69) is 20.6 Å². The molecule has 2 heterocycles. The molecule has 1 aromatic heterocycles. The lowest BCUT2D eigenvalue weighted by Crippen LogP contribution is -2.54. The van der Waals surface area contributed by atoms with Crippen LogP contribution >= 0.6 is 35.3 Å². The molecule has 8 nitrogen and oxygen atoms in total. The highest BCUT2D eigenvalue weighted by Crippen LogP contribution is 2.29. The van der Waals surface area contributed by atoms with Crippen LogP contribution < -0.4 is 10.6 Å². The van der Waals surface area contributed by atoms with Crippen molar-refractivity contribution in [2.24, 2.45) is 4.99 Å². The lowest BCUT2D eigenvalue weighted by molar-refractivity contribution is -0.140. The van der Waals surface area contributed by atoms with Gasteiger partial charge in [0.05, 0.1) is 19.7 Å². The van der Waals surface area contributed by atoms with Gasteiger partial charge in [-0.2, -0.15) is 13.2 Å². The number of hydrogen-bond donors (Lipinski definition) is 2. The number of aliphatic imine (C=N–C) groups is 1. The maximum Gasteiger partial charge on any atom is 0.434 e. The zero-order chi connectivity index (χ0) is 20.6. The van der Waals surface area contributed by atoms with Gasteiger partial charge in [-0.15, -0.1) is 35.3 Å². The van der Waals surface area contributed by atoms with E-state index >= 15 is 0 Å². The van der Waals surface area contributed by atoms with Crippen molar-refractivity contribution >= 4 is 47.2 Å². The van der Waals surface area contributed by atoms with Crippen LogP contribution in [-0.2, 0) is 22.3 Å². The number of aromatic nitrogens is 1. The summed E-state index contributed by atoms with van der Waals surface area (Å²) in [5.74, 6) is 0.560. The molecular formula is C16H26F3IN6O2S. The minimum absolute atomic E-state index is 0. The molecule has 1 amide bonds. The van der Waals surface area contributed by atoms with E-state index in [9.17, 15) is 18.0 Å². The number of methoxy groups -OCH3 is 1. The number of rotatable bonds is 7. The van der Waals surface area contributed by atoms with Crippen LogP contribution in [-0.4, -0.2) is 86.7 Å². The van der Waals surface area contributed by atoms with Crippen molar-refractivity contribution in [1.82, 2.24) is 25.4 Å². The third-order valence-corrected chi connectivity index (χ3v) is 4.97. The smallest absolute Gasteiger partial charge is 0.383 e. The molecule has 2 N–H and O–H groups in total. The van der Waals surface area contributed by atoms with E-state index in [1.54, 1.807) is 14.2 Å². The fraction of sp³-hybridized carbons (Fsp3) is 0.688. The topological polar surface area (TPSA) is 82.1 Å². The maximum atomic E-state index is 12.6. The zero-order valence-electron chi connectivity index (χ0n) is 16.3. The SMILES string of the molecule is CN=C(NCc1nc(C(F)(F)F)cs1)N1CCN(CC(=O)NCCOC)CC1.I. The zero-order valence-corrected chi connectivity index (χ0v) is 19.4. The Morgan fingerprint density at radius 2 is 2.00 bits per heavy atom. The molecule has 13 heteroatoms. The van der Waals surface area contributed by atoms with E-state index in [1.807, 2.05) is 9.80 Å². The average molecular weight is 550 g/mol. The summed E-state index contributed by atoms with van der Waals surface area (Å²) in [6.45, 7) is 4.16. The first kappa shape index (κ1) is 25.8. The van der Waals surface area contributed by atoms with Crippen LogP contribution in [0.5, 0.6) is 0 Å². The summed E-state index contributed by atoms with van der Waals surface area (Å²) >= 11 is 0.962. The molecule has 2 rings (SSSR count). The van der Waals surface area contributed by atoms with Gasteiger partial charge in [0.25, 0.3) is 0 Å². The number of ether oxygens (including phenoxy) is 1. The number of nitrogens with zero attached hydrogens (tertiary/aromatic N) is 4. The fourth-order valence-electron chi connectivity index (χ4n) is 2.68. The number of nitrogens with one attached hydrogen (secondary N) is 2. The Bertz CT molecular complexity index is 665. The lowest BCUT2D eigenvalue weighted by Gasteiger charge is -2.36. The largest absolute Gasteiger partial charge is 0.434 e. The highest BCUT2D eigenvalue weighted by molar-refractivity contribution is 14.0. The van der Waals surface area contributed by atoms with Gasteiger partial charge >= 0.3 is 6.18 Å². The Labute approximate surface area is 188 Å². The lowest BCUT2D eigenvalue weighted by atomic mass is 10.3. The predicted octanol–water partition coefficient (Wildman–Crippen LogP) is 1.24. The van der Waals surface area contributed by atoms with E-state index in [-0.39, 0.29) is 36.4 Å². The highest BCUT2D eigenvalue weighted by atomic mass is 127. The van der Waals surface area contributed by atoms with Crippen LogP contribution in [0.15, 0.2) is 10.4 Å². The second-order valence-corrected chi connectivity index (χ2v) is 7.07. The van der Waals surface area contributed by atoms with Gasteiger partial charge in [-0.05, 0) is 0 Å². The van der Waals surface area contributed by atoms with E-state index in [1.165, 1.54) is 0 Å². The summed E-state index contributed by atoms with van der Waals surface area (Å²) in [5, 5.41) is 7.20. The molecule has 0 aromatic carbocycles. The molecule has 0 aliphatic carbocycles. The maximum absolute atomic E-state index is 12.6. The number of carbonyl (C=O) groups excluding carboxylic acids is 1. The molecule has 0 saturated carbocycles. The molecule has 1 fully saturated rings. The second kappa shape index (κ2) is 12.5. The number of alkyl halides is 3. The third-order valence-electron chi connectivity index (χ3n) is 4.12. The third kappa shape index (κ3) is 8.60. The molecular weight excluding hydrogens is 524 g/mol. The Hall–Kier alpha value is -1.19. The Morgan fingerprint density at radius 1 is 1.31 bits per heavy atom. The normalized spacial score (nSPS) is 15.8. The van der Waals surface area contributed by atoms with Crippen molar-refractivity contribution in [2.75, 3.05) is 60.0 Å². The van der Waals surface area contributed by atoms with E-state index in [4.69, 9.17) is 4.74 Å². The van der Waals surface area contributed by atoms with Crippen LogP contribution in [0, 0.1) is 0 Å². The van der Waals surface area contributed by atoms with Crippen molar-refractivity contribution in [1.29, 1.82) is 0 Å². The Morgan fingerprint density at radius 3 is 2.55 bits per heavy atom. The molecule has 0 radical (unpaired) electrons. The monoisotopic (exact) mass is 550 g/mol. The number of amides is 1. The molecule has 1 aliphatic rings. The number of carbonyl (C=O) groups is 1. The molecule has 0 spiro atoms. The molecule has 0 atom stereocenters. The van der Waals surface area contributed by atoms with Crippen LogP contribution in [0.3, 0.4) is 0 Å². The van der Waals surface area contributed by atoms with Gasteiger partial charge in [-0.1, -0.05) is 0 Å². The Kier molecular flexibility index (Phi) is 11.1.